The van der Waals surface area contributed by atoms with Gasteiger partial charge in [-0.2, -0.15) is 12.6 Å². The summed E-state index contributed by atoms with van der Waals surface area (Å²) in [5.41, 5.74) is 17.2. The molecule has 14 nitrogen and oxygen atoms in total. The molecule has 4 atom stereocenters. The predicted molar refractivity (Wildman–Crippen MR) is 142 cm³/mol. The standard InChI is InChI=1S/C23H35N7O7S/c24-14(7-4-10-27-23(25)26)19(33)29-16(11-13-5-2-1-3-6-13)21(35)28-15(8-9-18(31)32)20(34)30-17(12-38)22(36)37/h1-3,5-6,14-17,38H,4,7-12,24H2,(H,28,35)(H,29,33)(H,30,34)(H,31,32)(H,36,37)(H4,25,26,27). The number of aliphatic carboxylic acids is 2. The third kappa shape index (κ3) is 12.4. The van der Waals surface area contributed by atoms with E-state index in [1.807, 2.05) is 0 Å². The number of nitrogens with one attached hydrogen (secondary N) is 3. The molecule has 0 fully saturated rings. The van der Waals surface area contributed by atoms with E-state index < -0.39 is 60.2 Å². The summed E-state index contributed by atoms with van der Waals surface area (Å²) in [6, 6.07) is 3.84. The van der Waals surface area contributed by atoms with Gasteiger partial charge in [-0.1, -0.05) is 30.3 Å². The van der Waals surface area contributed by atoms with Gasteiger partial charge in [0, 0.05) is 25.1 Å². The number of aliphatic imine (C=N–C) groups is 1. The number of benzene rings is 1. The van der Waals surface area contributed by atoms with E-state index in [0.717, 1.165) is 0 Å². The Morgan fingerprint density at radius 2 is 1.45 bits per heavy atom. The fraction of sp³-hybridized carbons (Fsp3) is 0.478. The van der Waals surface area contributed by atoms with Crippen LogP contribution in [0.25, 0.3) is 0 Å². The van der Waals surface area contributed by atoms with E-state index >= 15 is 0 Å². The third-order valence-corrected chi connectivity index (χ3v) is 5.66. The Kier molecular flexibility index (Phi) is 14.2. The molecule has 0 aliphatic heterocycles. The first-order valence-corrected chi connectivity index (χ1v) is 12.4. The average Bonchev–Trinajstić information content (AvgIpc) is 2.86. The molecule has 0 aliphatic carbocycles. The normalized spacial score (nSPS) is 13.7. The van der Waals surface area contributed by atoms with Crippen molar-refractivity contribution in [1.82, 2.24) is 16.0 Å². The molecule has 0 radical (unpaired) electrons. The van der Waals surface area contributed by atoms with Gasteiger partial charge in [0.05, 0.1) is 6.04 Å². The second kappa shape index (κ2) is 16.8. The molecule has 4 unspecified atom stereocenters. The first-order valence-electron chi connectivity index (χ1n) is 11.8. The van der Waals surface area contributed by atoms with Gasteiger partial charge in [-0.25, -0.2) is 4.79 Å². The van der Waals surface area contributed by atoms with Crippen molar-refractivity contribution in [1.29, 1.82) is 0 Å². The highest BCUT2D eigenvalue weighted by Gasteiger charge is 2.30. The monoisotopic (exact) mass is 553 g/mol. The number of amides is 3. The zero-order valence-corrected chi connectivity index (χ0v) is 21.6. The van der Waals surface area contributed by atoms with E-state index in [-0.39, 0.29) is 37.5 Å². The van der Waals surface area contributed by atoms with Crippen molar-refractivity contribution in [2.24, 2.45) is 22.2 Å². The van der Waals surface area contributed by atoms with E-state index in [4.69, 9.17) is 22.3 Å². The molecular formula is C23H35N7O7S. The lowest BCUT2D eigenvalue weighted by Crippen LogP contribution is -2.57. The highest BCUT2D eigenvalue weighted by atomic mass is 32.1. The molecule has 0 spiro atoms. The topological polar surface area (TPSA) is 252 Å². The van der Waals surface area contributed by atoms with Gasteiger partial charge in [-0.05, 0) is 24.8 Å². The second-order valence-corrected chi connectivity index (χ2v) is 8.75. The molecule has 1 rings (SSSR count). The lowest BCUT2D eigenvalue weighted by atomic mass is 10.0. The van der Waals surface area contributed by atoms with Crippen LogP contribution < -0.4 is 33.2 Å². The van der Waals surface area contributed by atoms with Crippen LogP contribution in [-0.2, 0) is 30.4 Å². The Morgan fingerprint density at radius 3 is 2.00 bits per heavy atom. The molecule has 0 saturated heterocycles. The lowest BCUT2D eigenvalue weighted by Gasteiger charge is -2.25. The van der Waals surface area contributed by atoms with Crippen molar-refractivity contribution in [3.63, 3.8) is 0 Å². The molecular weight excluding hydrogens is 518 g/mol. The summed E-state index contributed by atoms with van der Waals surface area (Å²) in [7, 11) is 0. The SMILES string of the molecule is NC(N)=NCCCC(N)C(=O)NC(Cc1ccccc1)C(=O)NC(CCC(=O)O)C(=O)NC(CS)C(=O)O. The Bertz CT molecular complexity index is 990. The molecule has 0 heterocycles. The minimum Gasteiger partial charge on any atom is -0.481 e. The van der Waals surface area contributed by atoms with Gasteiger partial charge in [0.2, 0.25) is 17.7 Å². The van der Waals surface area contributed by atoms with Crippen LogP contribution in [0.5, 0.6) is 0 Å². The number of carboxylic acid groups (broad SMARTS) is 2. The molecule has 38 heavy (non-hydrogen) atoms. The van der Waals surface area contributed by atoms with Gasteiger partial charge >= 0.3 is 11.9 Å². The highest BCUT2D eigenvalue weighted by Crippen LogP contribution is 2.07. The number of thiol groups is 1. The number of rotatable bonds is 17. The number of carboxylic acids is 2. The summed E-state index contributed by atoms with van der Waals surface area (Å²) >= 11 is 3.88. The molecule has 1 aromatic rings. The summed E-state index contributed by atoms with van der Waals surface area (Å²) < 4.78 is 0. The van der Waals surface area contributed by atoms with Crippen molar-refractivity contribution >= 4 is 48.2 Å². The van der Waals surface area contributed by atoms with Crippen molar-refractivity contribution in [2.75, 3.05) is 12.3 Å². The molecule has 210 valence electrons. The Morgan fingerprint density at radius 1 is 0.868 bits per heavy atom. The molecule has 0 saturated carbocycles. The number of nitrogens with zero attached hydrogens (tertiary/aromatic N) is 1. The fourth-order valence-corrected chi connectivity index (χ4v) is 3.50. The third-order valence-electron chi connectivity index (χ3n) is 5.30. The van der Waals surface area contributed by atoms with Crippen molar-refractivity contribution < 1.29 is 34.2 Å². The lowest BCUT2D eigenvalue weighted by molar-refractivity contribution is -0.142. The maximum absolute atomic E-state index is 13.2. The van der Waals surface area contributed by atoms with Crippen LogP contribution in [0, 0.1) is 0 Å². The van der Waals surface area contributed by atoms with Crippen LogP contribution in [0.2, 0.25) is 0 Å². The van der Waals surface area contributed by atoms with Crippen LogP contribution in [0.3, 0.4) is 0 Å². The largest absolute Gasteiger partial charge is 0.481 e. The average molecular weight is 554 g/mol. The summed E-state index contributed by atoms with van der Waals surface area (Å²) in [6.07, 6.45) is -0.113. The Hall–Kier alpha value is -3.85. The van der Waals surface area contributed by atoms with Crippen molar-refractivity contribution in [3.05, 3.63) is 35.9 Å². The second-order valence-electron chi connectivity index (χ2n) is 8.38. The fourth-order valence-electron chi connectivity index (χ4n) is 3.26. The number of carbonyl (C=O) groups excluding carboxylic acids is 3. The summed E-state index contributed by atoms with van der Waals surface area (Å²) in [6.45, 7) is 0.265. The van der Waals surface area contributed by atoms with Gasteiger partial charge in [0.1, 0.15) is 18.1 Å². The number of carbonyl (C=O) groups is 5. The number of hydrogen-bond donors (Lipinski definition) is 9. The number of hydrogen-bond acceptors (Lipinski definition) is 8. The van der Waals surface area contributed by atoms with Gasteiger partial charge in [-0.3, -0.25) is 24.2 Å². The van der Waals surface area contributed by atoms with Crippen LogP contribution in [0.15, 0.2) is 35.3 Å². The first-order chi connectivity index (χ1) is 17.9. The van der Waals surface area contributed by atoms with Crippen LogP contribution in [0.4, 0.5) is 0 Å². The number of guanidine groups is 1. The molecule has 0 aliphatic rings. The van der Waals surface area contributed by atoms with Crippen molar-refractivity contribution in [3.8, 4) is 0 Å². The minimum absolute atomic E-state index is 0.0425. The summed E-state index contributed by atoms with van der Waals surface area (Å²) in [5, 5.41) is 25.5. The number of nitrogens with two attached hydrogens (primary N) is 3. The van der Waals surface area contributed by atoms with Crippen molar-refractivity contribution in [2.45, 2.75) is 56.3 Å². The Labute approximate surface area is 225 Å². The van der Waals surface area contributed by atoms with Gasteiger partial charge in [0.25, 0.3) is 0 Å². The molecule has 11 N–H and O–H groups in total. The summed E-state index contributed by atoms with van der Waals surface area (Å²) in [5.74, 6) is -5.19. The molecule has 3 amide bonds. The van der Waals surface area contributed by atoms with Crippen LogP contribution >= 0.6 is 12.6 Å². The van der Waals surface area contributed by atoms with Crippen LogP contribution in [-0.4, -0.2) is 82.3 Å². The van der Waals surface area contributed by atoms with E-state index in [1.54, 1.807) is 30.3 Å². The van der Waals surface area contributed by atoms with E-state index in [0.29, 0.717) is 12.0 Å². The van der Waals surface area contributed by atoms with Gasteiger partial charge < -0.3 is 43.4 Å². The van der Waals surface area contributed by atoms with Gasteiger partial charge in [-0.15, -0.1) is 0 Å². The quantitative estimate of drug-likeness (QED) is 0.0441. The maximum Gasteiger partial charge on any atom is 0.327 e. The molecule has 0 aromatic heterocycles. The molecule has 0 bridgehead atoms. The van der Waals surface area contributed by atoms with E-state index in [9.17, 15) is 29.1 Å². The minimum atomic E-state index is -1.39. The summed E-state index contributed by atoms with van der Waals surface area (Å²) in [4.78, 5) is 64.9. The van der Waals surface area contributed by atoms with E-state index in [1.165, 1.54) is 0 Å². The highest BCUT2D eigenvalue weighted by molar-refractivity contribution is 7.80. The molecule has 1 aromatic carbocycles. The zero-order chi connectivity index (χ0) is 28.7. The maximum atomic E-state index is 13.2. The Balaban J connectivity index is 3.04. The van der Waals surface area contributed by atoms with E-state index in [2.05, 4.69) is 33.6 Å². The smallest absolute Gasteiger partial charge is 0.327 e. The zero-order valence-electron chi connectivity index (χ0n) is 20.7. The first kappa shape index (κ1) is 32.2. The molecule has 15 heteroatoms. The van der Waals surface area contributed by atoms with Gasteiger partial charge in [0.15, 0.2) is 5.96 Å². The van der Waals surface area contributed by atoms with Crippen LogP contribution in [0.1, 0.15) is 31.2 Å². The predicted octanol–water partition coefficient (Wildman–Crippen LogP) is -2.06.